The van der Waals surface area contributed by atoms with Gasteiger partial charge in [0.1, 0.15) is 4.90 Å². The van der Waals surface area contributed by atoms with E-state index >= 15 is 0 Å². The lowest BCUT2D eigenvalue weighted by molar-refractivity contribution is 0.580. The predicted molar refractivity (Wildman–Crippen MR) is 79.0 cm³/mol. The Balaban J connectivity index is 2.39. The maximum absolute atomic E-state index is 11.9. The predicted octanol–water partition coefficient (Wildman–Crippen LogP) is -0.289. The van der Waals surface area contributed by atoms with Gasteiger partial charge in [0.15, 0.2) is 5.96 Å². The van der Waals surface area contributed by atoms with Crippen molar-refractivity contribution in [1.82, 2.24) is 20.3 Å². The molecule has 110 valence electrons. The van der Waals surface area contributed by atoms with Gasteiger partial charge in [0.25, 0.3) is 0 Å². The molecule has 7 nitrogen and oxygen atoms in total. The van der Waals surface area contributed by atoms with E-state index in [2.05, 4.69) is 31.9 Å². The van der Waals surface area contributed by atoms with Crippen LogP contribution in [-0.4, -0.2) is 46.0 Å². The summed E-state index contributed by atoms with van der Waals surface area (Å²) in [5.41, 5.74) is 0. The monoisotopic (exact) mass is 297 g/mol. The van der Waals surface area contributed by atoms with Crippen molar-refractivity contribution in [3.05, 3.63) is 37.2 Å². The standard InChI is InChI=1S/C12H19N5O2S/c1-3-6-15-12(13-2)16-8-9-17-20(18,19)11-5-4-7-14-10-11/h3-5,7,10,17H,1,6,8-9H2,2H3,(H2,13,15,16). The molecule has 3 N–H and O–H groups in total. The minimum atomic E-state index is -3.51. The molecule has 1 rings (SSSR count). The third-order valence-corrected chi connectivity index (χ3v) is 3.74. The van der Waals surface area contributed by atoms with E-state index in [0.717, 1.165) is 0 Å². The molecule has 0 aromatic carbocycles. The van der Waals surface area contributed by atoms with Crippen molar-refractivity contribution in [2.45, 2.75) is 4.90 Å². The second kappa shape index (κ2) is 8.28. The summed E-state index contributed by atoms with van der Waals surface area (Å²) in [5.74, 6) is 0.588. The Morgan fingerprint density at radius 1 is 1.45 bits per heavy atom. The van der Waals surface area contributed by atoms with Crippen molar-refractivity contribution >= 4 is 16.0 Å². The minimum absolute atomic E-state index is 0.147. The SMILES string of the molecule is C=CCNC(=NC)NCCNS(=O)(=O)c1cccnc1. The molecular formula is C12H19N5O2S. The highest BCUT2D eigenvalue weighted by Gasteiger charge is 2.12. The van der Waals surface area contributed by atoms with Crippen LogP contribution in [0, 0.1) is 0 Å². The van der Waals surface area contributed by atoms with Crippen molar-refractivity contribution in [2.75, 3.05) is 26.7 Å². The summed E-state index contributed by atoms with van der Waals surface area (Å²) < 4.78 is 26.2. The highest BCUT2D eigenvalue weighted by molar-refractivity contribution is 7.89. The number of rotatable bonds is 7. The Bertz CT molecular complexity index is 542. The van der Waals surface area contributed by atoms with Gasteiger partial charge >= 0.3 is 0 Å². The molecule has 0 saturated carbocycles. The third kappa shape index (κ3) is 5.37. The summed E-state index contributed by atoms with van der Waals surface area (Å²) in [6.07, 6.45) is 4.54. The van der Waals surface area contributed by atoms with Crippen molar-refractivity contribution in [1.29, 1.82) is 0 Å². The van der Waals surface area contributed by atoms with Gasteiger partial charge < -0.3 is 10.6 Å². The molecular weight excluding hydrogens is 278 g/mol. The lowest BCUT2D eigenvalue weighted by Crippen LogP contribution is -2.41. The summed E-state index contributed by atoms with van der Waals surface area (Å²) in [6.45, 7) is 4.83. The second-order valence-corrected chi connectivity index (χ2v) is 5.52. The summed E-state index contributed by atoms with van der Waals surface area (Å²) in [5, 5.41) is 5.96. The van der Waals surface area contributed by atoms with Gasteiger partial charge in [-0.05, 0) is 12.1 Å². The maximum atomic E-state index is 11.9. The number of aromatic nitrogens is 1. The fraction of sp³-hybridized carbons (Fsp3) is 0.333. The van der Waals surface area contributed by atoms with E-state index in [0.29, 0.717) is 19.0 Å². The molecule has 0 amide bonds. The van der Waals surface area contributed by atoms with Crippen LogP contribution in [0.15, 0.2) is 47.1 Å². The lowest BCUT2D eigenvalue weighted by Gasteiger charge is -2.11. The van der Waals surface area contributed by atoms with Crippen LogP contribution in [0.5, 0.6) is 0 Å². The van der Waals surface area contributed by atoms with Crippen LogP contribution in [0.25, 0.3) is 0 Å². The number of nitrogens with one attached hydrogen (secondary N) is 3. The maximum Gasteiger partial charge on any atom is 0.242 e. The van der Waals surface area contributed by atoms with E-state index < -0.39 is 10.0 Å². The van der Waals surface area contributed by atoms with Gasteiger partial charge in [0.2, 0.25) is 10.0 Å². The molecule has 0 unspecified atom stereocenters. The Morgan fingerprint density at radius 2 is 2.25 bits per heavy atom. The molecule has 0 fully saturated rings. The first-order valence-corrected chi connectivity index (χ1v) is 7.53. The molecule has 0 spiro atoms. The zero-order chi connectivity index (χ0) is 14.8. The molecule has 0 aliphatic carbocycles. The van der Waals surface area contributed by atoms with Gasteiger partial charge in [0.05, 0.1) is 0 Å². The van der Waals surface area contributed by atoms with Gasteiger partial charge in [0, 0.05) is 39.1 Å². The molecule has 8 heteroatoms. The summed E-state index contributed by atoms with van der Waals surface area (Å²) in [4.78, 5) is 7.91. The van der Waals surface area contributed by atoms with E-state index in [1.165, 1.54) is 18.5 Å². The fourth-order valence-electron chi connectivity index (χ4n) is 1.35. The van der Waals surface area contributed by atoms with Gasteiger partial charge in [-0.1, -0.05) is 6.08 Å². The summed E-state index contributed by atoms with van der Waals surface area (Å²) in [7, 11) is -1.87. The second-order valence-electron chi connectivity index (χ2n) is 3.76. The molecule has 0 radical (unpaired) electrons. The molecule has 0 aliphatic heterocycles. The number of pyridine rings is 1. The van der Waals surface area contributed by atoms with E-state index in [1.54, 1.807) is 19.2 Å². The van der Waals surface area contributed by atoms with Crippen LogP contribution in [0.3, 0.4) is 0 Å². The van der Waals surface area contributed by atoms with Crippen LogP contribution in [0.2, 0.25) is 0 Å². The quantitative estimate of drug-likeness (QED) is 0.278. The molecule has 20 heavy (non-hydrogen) atoms. The van der Waals surface area contributed by atoms with Gasteiger partial charge in [-0.15, -0.1) is 6.58 Å². The van der Waals surface area contributed by atoms with Crippen molar-refractivity contribution in [3.8, 4) is 0 Å². The van der Waals surface area contributed by atoms with Crippen molar-refractivity contribution in [3.63, 3.8) is 0 Å². The average Bonchev–Trinajstić information content (AvgIpc) is 2.47. The minimum Gasteiger partial charge on any atom is -0.355 e. The van der Waals surface area contributed by atoms with E-state index in [1.807, 2.05) is 0 Å². The first-order chi connectivity index (χ1) is 9.60. The molecule has 0 aliphatic rings. The van der Waals surface area contributed by atoms with Crippen LogP contribution in [0.4, 0.5) is 0 Å². The summed E-state index contributed by atoms with van der Waals surface area (Å²) in [6, 6.07) is 3.07. The van der Waals surface area contributed by atoms with Gasteiger partial charge in [-0.25, -0.2) is 13.1 Å². The Hall–Kier alpha value is -1.93. The lowest BCUT2D eigenvalue weighted by atomic mass is 10.5. The third-order valence-electron chi connectivity index (χ3n) is 2.29. The first kappa shape index (κ1) is 16.1. The van der Waals surface area contributed by atoms with Crippen LogP contribution in [-0.2, 0) is 10.0 Å². The van der Waals surface area contributed by atoms with E-state index in [-0.39, 0.29) is 11.4 Å². The van der Waals surface area contributed by atoms with Crippen LogP contribution < -0.4 is 15.4 Å². The Labute approximate surface area is 119 Å². The van der Waals surface area contributed by atoms with E-state index in [4.69, 9.17) is 0 Å². The largest absolute Gasteiger partial charge is 0.355 e. The normalized spacial score (nSPS) is 11.9. The molecule has 0 saturated heterocycles. The number of hydrogen-bond donors (Lipinski definition) is 3. The van der Waals surface area contributed by atoms with Gasteiger partial charge in [-0.3, -0.25) is 9.98 Å². The van der Waals surface area contributed by atoms with Crippen LogP contribution in [0.1, 0.15) is 0 Å². The molecule has 0 atom stereocenters. The average molecular weight is 297 g/mol. The number of nitrogens with zero attached hydrogens (tertiary/aromatic N) is 2. The Kier molecular flexibility index (Phi) is 6.68. The molecule has 1 aromatic rings. The van der Waals surface area contributed by atoms with Crippen LogP contribution >= 0.6 is 0 Å². The molecule has 0 bridgehead atoms. The topological polar surface area (TPSA) is 95.5 Å². The van der Waals surface area contributed by atoms with Gasteiger partial charge in [-0.2, -0.15) is 0 Å². The van der Waals surface area contributed by atoms with E-state index in [9.17, 15) is 8.42 Å². The first-order valence-electron chi connectivity index (χ1n) is 6.05. The zero-order valence-electron chi connectivity index (χ0n) is 11.3. The Morgan fingerprint density at radius 3 is 2.85 bits per heavy atom. The number of sulfonamides is 1. The highest BCUT2D eigenvalue weighted by Crippen LogP contribution is 2.04. The smallest absolute Gasteiger partial charge is 0.242 e. The highest BCUT2D eigenvalue weighted by atomic mass is 32.2. The number of aliphatic imine (C=N–C) groups is 1. The fourth-order valence-corrected chi connectivity index (χ4v) is 2.34. The summed E-state index contributed by atoms with van der Waals surface area (Å²) >= 11 is 0. The molecule has 1 aromatic heterocycles. The number of guanidine groups is 1. The van der Waals surface area contributed by atoms with Crippen molar-refractivity contribution < 1.29 is 8.42 Å². The molecule has 1 heterocycles. The zero-order valence-corrected chi connectivity index (χ0v) is 12.2. The van der Waals surface area contributed by atoms with Crippen molar-refractivity contribution in [2.24, 2.45) is 4.99 Å². The number of hydrogen-bond acceptors (Lipinski definition) is 4.